The fourth-order valence-electron chi connectivity index (χ4n) is 3.60. The Kier molecular flexibility index (Phi) is 4.10. The van der Waals surface area contributed by atoms with Gasteiger partial charge in [0.15, 0.2) is 0 Å². The van der Waals surface area contributed by atoms with Crippen molar-refractivity contribution in [1.82, 2.24) is 4.57 Å². The maximum absolute atomic E-state index is 14.0. The average molecular weight is 386 g/mol. The van der Waals surface area contributed by atoms with E-state index >= 15 is 0 Å². The summed E-state index contributed by atoms with van der Waals surface area (Å²) in [7, 11) is 3.68. The molecular formula is C22H18F4N2. The van der Waals surface area contributed by atoms with Gasteiger partial charge in [0.1, 0.15) is 5.82 Å². The lowest BCUT2D eigenvalue weighted by Crippen LogP contribution is -2.12. The van der Waals surface area contributed by atoms with E-state index in [0.717, 1.165) is 45.2 Å². The predicted octanol–water partition coefficient (Wildman–Crippen LogP) is 6.57. The van der Waals surface area contributed by atoms with Gasteiger partial charge in [0.25, 0.3) is 0 Å². The maximum Gasteiger partial charge on any atom is 0.419 e. The Morgan fingerprint density at radius 3 is 2.04 bits per heavy atom. The number of rotatable bonds is 2. The van der Waals surface area contributed by atoms with E-state index in [1.165, 1.54) is 6.07 Å². The van der Waals surface area contributed by atoms with Gasteiger partial charge < -0.3 is 9.47 Å². The molecule has 0 amide bonds. The maximum atomic E-state index is 14.0. The lowest BCUT2D eigenvalue weighted by atomic mass is 10.1. The van der Waals surface area contributed by atoms with Crippen LogP contribution in [0.2, 0.25) is 0 Å². The molecule has 0 saturated heterocycles. The van der Waals surface area contributed by atoms with E-state index in [-0.39, 0.29) is 0 Å². The van der Waals surface area contributed by atoms with Crippen LogP contribution < -0.4 is 4.90 Å². The molecule has 2 nitrogen and oxygen atoms in total. The van der Waals surface area contributed by atoms with Gasteiger partial charge in [-0.2, -0.15) is 13.2 Å². The van der Waals surface area contributed by atoms with Crippen molar-refractivity contribution >= 4 is 33.2 Å². The fourth-order valence-corrected chi connectivity index (χ4v) is 3.60. The summed E-state index contributed by atoms with van der Waals surface area (Å²) >= 11 is 0. The molecule has 0 saturated carbocycles. The van der Waals surface area contributed by atoms with Crippen molar-refractivity contribution in [3.8, 4) is 0 Å². The number of fused-ring (bicyclic) bond motifs is 3. The zero-order valence-electron chi connectivity index (χ0n) is 15.6. The third kappa shape index (κ3) is 2.89. The van der Waals surface area contributed by atoms with Gasteiger partial charge >= 0.3 is 6.18 Å². The molecule has 3 aromatic carbocycles. The summed E-state index contributed by atoms with van der Waals surface area (Å²) in [5, 5.41) is 2.23. The molecule has 6 heteroatoms. The summed E-state index contributed by atoms with van der Waals surface area (Å²) in [5.74, 6) is -1.28. The summed E-state index contributed by atoms with van der Waals surface area (Å²) in [6, 6.07) is 15.1. The number of hydrogen-bond acceptors (Lipinski definition) is 1. The average Bonchev–Trinajstić information content (AvgIpc) is 2.91. The van der Waals surface area contributed by atoms with E-state index in [2.05, 4.69) is 22.8 Å². The summed E-state index contributed by atoms with van der Waals surface area (Å²) in [5.41, 5.74) is 3.11. The highest BCUT2D eigenvalue weighted by molar-refractivity contribution is 6.09. The molecule has 4 rings (SSSR count). The number of aryl methyl sites for hydroxylation is 2. The molecule has 0 spiro atoms. The molecule has 1 heterocycles. The molecule has 0 unspecified atom stereocenters. The summed E-state index contributed by atoms with van der Waals surface area (Å²) < 4.78 is 54.4. The summed E-state index contributed by atoms with van der Waals surface area (Å²) in [6.45, 7) is 2.04. The number of halogens is 4. The summed E-state index contributed by atoms with van der Waals surface area (Å²) in [6.07, 6.45) is -4.71. The molecule has 0 atom stereocenters. The highest BCUT2D eigenvalue weighted by Crippen LogP contribution is 2.36. The molecule has 0 radical (unpaired) electrons. The first-order valence-electron chi connectivity index (χ1n) is 8.76. The van der Waals surface area contributed by atoms with Gasteiger partial charge in [0.2, 0.25) is 0 Å². The van der Waals surface area contributed by atoms with Gasteiger partial charge in [-0.3, -0.25) is 0 Å². The van der Waals surface area contributed by atoms with E-state index in [1.54, 1.807) is 11.9 Å². The van der Waals surface area contributed by atoms with E-state index in [4.69, 9.17) is 0 Å². The van der Waals surface area contributed by atoms with E-state index in [1.807, 2.05) is 32.2 Å². The van der Waals surface area contributed by atoms with Crippen molar-refractivity contribution < 1.29 is 17.6 Å². The smallest absolute Gasteiger partial charge is 0.344 e. The highest BCUT2D eigenvalue weighted by Gasteiger charge is 2.34. The molecule has 0 aliphatic carbocycles. The Balaban J connectivity index is 1.80. The highest BCUT2D eigenvalue weighted by atomic mass is 19.4. The third-order valence-electron chi connectivity index (χ3n) is 5.18. The first-order valence-corrected chi connectivity index (χ1v) is 8.76. The van der Waals surface area contributed by atoms with Crippen molar-refractivity contribution in [2.75, 3.05) is 11.9 Å². The van der Waals surface area contributed by atoms with Gasteiger partial charge in [-0.15, -0.1) is 0 Å². The molecule has 0 aliphatic heterocycles. The quantitative estimate of drug-likeness (QED) is 0.354. The SMILES string of the molecule is Cc1ccc2c3ccc(N(C)c4ccc(C(F)(F)F)c(F)c4)cc3n(C)c2c1. The van der Waals surface area contributed by atoms with Crippen LogP contribution in [-0.2, 0) is 13.2 Å². The molecule has 144 valence electrons. The van der Waals surface area contributed by atoms with E-state index in [0.29, 0.717) is 5.69 Å². The molecule has 0 aliphatic rings. The second kappa shape index (κ2) is 6.26. The van der Waals surface area contributed by atoms with Gasteiger partial charge in [-0.25, -0.2) is 4.39 Å². The lowest BCUT2D eigenvalue weighted by Gasteiger charge is -2.21. The van der Waals surface area contributed by atoms with Crippen molar-refractivity contribution in [2.45, 2.75) is 13.1 Å². The number of nitrogens with zero attached hydrogens (tertiary/aromatic N) is 2. The molecular weight excluding hydrogens is 368 g/mol. The minimum Gasteiger partial charge on any atom is -0.344 e. The fraction of sp³-hybridized carbons (Fsp3) is 0.182. The first kappa shape index (κ1) is 18.3. The number of hydrogen-bond donors (Lipinski definition) is 0. The van der Waals surface area contributed by atoms with E-state index in [9.17, 15) is 17.6 Å². The van der Waals surface area contributed by atoms with Crippen LogP contribution in [-0.4, -0.2) is 11.6 Å². The van der Waals surface area contributed by atoms with Crippen LogP contribution in [0.15, 0.2) is 54.6 Å². The van der Waals surface area contributed by atoms with Crippen molar-refractivity contribution in [1.29, 1.82) is 0 Å². The second-order valence-electron chi connectivity index (χ2n) is 7.00. The topological polar surface area (TPSA) is 8.17 Å². The third-order valence-corrected chi connectivity index (χ3v) is 5.18. The molecule has 0 fully saturated rings. The van der Waals surface area contributed by atoms with Gasteiger partial charge in [0.05, 0.1) is 11.1 Å². The van der Waals surface area contributed by atoms with Crippen molar-refractivity contribution in [3.05, 3.63) is 71.5 Å². The van der Waals surface area contributed by atoms with Crippen molar-refractivity contribution in [3.63, 3.8) is 0 Å². The monoisotopic (exact) mass is 386 g/mol. The minimum absolute atomic E-state index is 0.347. The molecule has 1 aromatic heterocycles. The molecule has 28 heavy (non-hydrogen) atoms. The Morgan fingerprint density at radius 1 is 0.821 bits per heavy atom. The van der Waals surface area contributed by atoms with Crippen LogP contribution >= 0.6 is 0 Å². The number of benzene rings is 3. The van der Waals surface area contributed by atoms with Crippen LogP contribution in [0.25, 0.3) is 21.8 Å². The number of anilines is 2. The van der Waals surface area contributed by atoms with Crippen LogP contribution in [0, 0.1) is 12.7 Å². The zero-order valence-corrected chi connectivity index (χ0v) is 15.6. The zero-order chi connectivity index (χ0) is 20.2. The molecule has 0 bridgehead atoms. The summed E-state index contributed by atoms with van der Waals surface area (Å²) in [4.78, 5) is 1.67. The molecule has 0 N–H and O–H groups in total. The number of alkyl halides is 3. The first-order chi connectivity index (χ1) is 13.2. The van der Waals surface area contributed by atoms with Crippen LogP contribution in [0.4, 0.5) is 28.9 Å². The van der Waals surface area contributed by atoms with E-state index < -0.39 is 17.6 Å². The number of aromatic nitrogens is 1. The van der Waals surface area contributed by atoms with Gasteiger partial charge in [-0.05, 0) is 48.9 Å². The Morgan fingerprint density at radius 2 is 1.39 bits per heavy atom. The molecule has 4 aromatic rings. The Bertz CT molecular complexity index is 1200. The normalized spacial score (nSPS) is 12.1. The largest absolute Gasteiger partial charge is 0.419 e. The predicted molar refractivity (Wildman–Crippen MR) is 105 cm³/mol. The van der Waals surface area contributed by atoms with Crippen molar-refractivity contribution in [2.24, 2.45) is 7.05 Å². The second-order valence-corrected chi connectivity index (χ2v) is 7.00. The van der Waals surface area contributed by atoms with Gasteiger partial charge in [-0.1, -0.05) is 18.2 Å². The van der Waals surface area contributed by atoms with Crippen LogP contribution in [0.1, 0.15) is 11.1 Å². The lowest BCUT2D eigenvalue weighted by molar-refractivity contribution is -0.139. The minimum atomic E-state index is -4.71. The van der Waals surface area contributed by atoms with Crippen LogP contribution in [0.5, 0.6) is 0 Å². The Hall–Kier alpha value is -3.02. The standard InChI is InChI=1S/C22H18F4N2/c1-13-4-7-16-17-8-5-15(12-21(17)28(3)20(16)10-13)27(2)14-6-9-18(19(23)11-14)22(24,25)26/h4-12H,1-3H3. The van der Waals surface area contributed by atoms with Gasteiger partial charge in [0, 0.05) is 41.8 Å². The Labute approximate surface area is 159 Å². The van der Waals surface area contributed by atoms with Crippen LogP contribution in [0.3, 0.4) is 0 Å².